The van der Waals surface area contributed by atoms with Gasteiger partial charge in [0.15, 0.2) is 5.60 Å². The van der Waals surface area contributed by atoms with Gasteiger partial charge in [-0.25, -0.2) is 4.79 Å². The molecule has 8 heteroatoms. The second-order valence-electron chi connectivity index (χ2n) is 11.7. The molecule has 2 fully saturated rings. The van der Waals surface area contributed by atoms with Gasteiger partial charge in [0, 0.05) is 41.3 Å². The van der Waals surface area contributed by atoms with E-state index in [-0.39, 0.29) is 36.2 Å². The zero-order valence-corrected chi connectivity index (χ0v) is 22.0. The summed E-state index contributed by atoms with van der Waals surface area (Å²) in [7, 11) is 0. The third-order valence-electron chi connectivity index (χ3n) is 10.2. The topological polar surface area (TPSA) is 119 Å². The van der Waals surface area contributed by atoms with Crippen molar-refractivity contribution in [1.29, 1.82) is 0 Å². The summed E-state index contributed by atoms with van der Waals surface area (Å²) in [5.41, 5.74) is -2.51. The molecule has 2 aromatic heterocycles. The van der Waals surface area contributed by atoms with Gasteiger partial charge in [-0.05, 0) is 68.7 Å². The van der Waals surface area contributed by atoms with E-state index in [9.17, 15) is 19.8 Å². The first kappa shape index (κ1) is 25.1. The molecule has 0 aromatic carbocycles. The molecule has 8 nitrogen and oxygen atoms in total. The number of hydrogen-bond acceptors (Lipinski definition) is 8. The molecule has 0 amide bonds. The molecule has 2 aliphatic heterocycles. The number of rotatable bonds is 2. The monoisotopic (exact) mass is 519 g/mol. The van der Waals surface area contributed by atoms with E-state index in [1.54, 1.807) is 30.6 Å². The van der Waals surface area contributed by atoms with E-state index in [0.717, 1.165) is 5.57 Å². The smallest absolute Gasteiger partial charge is 0.346 e. The van der Waals surface area contributed by atoms with E-state index in [2.05, 4.69) is 18.5 Å². The number of allylic oxidation sites excluding steroid dienone is 1. The summed E-state index contributed by atoms with van der Waals surface area (Å²) in [6.07, 6.45) is 6.11. The van der Waals surface area contributed by atoms with Crippen molar-refractivity contribution < 1.29 is 28.9 Å². The predicted molar refractivity (Wildman–Crippen MR) is 138 cm³/mol. The van der Waals surface area contributed by atoms with E-state index >= 15 is 0 Å². The van der Waals surface area contributed by atoms with Crippen LogP contribution in [-0.2, 0) is 9.53 Å². The Bertz CT molecular complexity index is 1420. The molecule has 2 N–H and O–H groups in total. The molecule has 1 saturated heterocycles. The quantitative estimate of drug-likeness (QED) is 0.446. The first-order chi connectivity index (χ1) is 18.0. The van der Waals surface area contributed by atoms with Crippen LogP contribution in [0.3, 0.4) is 0 Å². The highest BCUT2D eigenvalue weighted by Crippen LogP contribution is 2.71. The summed E-state index contributed by atoms with van der Waals surface area (Å²) in [6, 6.07) is 5.19. The van der Waals surface area contributed by atoms with E-state index in [1.807, 2.05) is 19.9 Å². The van der Waals surface area contributed by atoms with Gasteiger partial charge in [-0.3, -0.25) is 9.78 Å². The Hall–Kier alpha value is -3.23. The summed E-state index contributed by atoms with van der Waals surface area (Å²) in [5.74, 6) is 0.0821. The third kappa shape index (κ3) is 2.96. The Kier molecular flexibility index (Phi) is 5.37. The van der Waals surface area contributed by atoms with Crippen molar-refractivity contribution in [3.8, 4) is 17.1 Å². The van der Waals surface area contributed by atoms with Gasteiger partial charge in [-0.2, -0.15) is 0 Å². The summed E-state index contributed by atoms with van der Waals surface area (Å²) < 4.78 is 18.0. The molecular formula is C30H33NO7. The van der Waals surface area contributed by atoms with Crippen molar-refractivity contribution in [3.63, 3.8) is 0 Å². The highest BCUT2D eigenvalue weighted by Gasteiger charge is 2.74. The number of carbonyl (C=O) groups excluding carboxylic acids is 1. The van der Waals surface area contributed by atoms with Gasteiger partial charge in [0.1, 0.15) is 29.8 Å². The molecule has 6 atom stereocenters. The van der Waals surface area contributed by atoms with E-state index in [0.29, 0.717) is 42.6 Å². The summed E-state index contributed by atoms with van der Waals surface area (Å²) >= 11 is 0. The fourth-order valence-electron chi connectivity index (χ4n) is 8.13. The maximum Gasteiger partial charge on any atom is 0.346 e. The molecule has 0 unspecified atom stereocenters. The van der Waals surface area contributed by atoms with Crippen LogP contribution in [0.1, 0.15) is 64.5 Å². The lowest BCUT2D eigenvalue weighted by atomic mass is 9.40. The Morgan fingerprint density at radius 2 is 2.03 bits per heavy atom. The standard InChI is InChI=1S/C30H33NO7/c1-17(2)29(35)12-11-27(4)22(28(29)10-9-23(32)36-16-28)8-7-18(3)30(27)25(33)24-21(38-30)14-20(37-26(24)34)19-6-5-13-31-15-19/h5-7,13-15,22,25,33,35H,1,8-12,16H2,2-4H3/t22-,25-,27+,28-,29+,30+/m0/s1. The number of cyclic esters (lactones) is 1. The maximum atomic E-state index is 13.3. The SMILES string of the molecule is C=C(C)[C@]1(O)CC[C@]2(C)[C@H](CC=C(C)[C@]23Oc2cc(-c4cccnc4)oc(=O)c2[C@@H]3O)[C@@]12CCC(=O)OC2. The van der Waals surface area contributed by atoms with Gasteiger partial charge in [0.2, 0.25) is 0 Å². The molecule has 4 heterocycles. The zero-order valence-electron chi connectivity index (χ0n) is 22.0. The third-order valence-corrected chi connectivity index (χ3v) is 10.2. The molecule has 4 aliphatic rings. The van der Waals surface area contributed by atoms with E-state index < -0.39 is 33.8 Å². The van der Waals surface area contributed by atoms with Crippen molar-refractivity contribution in [2.75, 3.05) is 6.61 Å². The highest BCUT2D eigenvalue weighted by atomic mass is 16.5. The Balaban J connectivity index is 1.51. The fraction of sp³-hybridized carbons (Fsp3) is 0.500. The van der Waals surface area contributed by atoms with Gasteiger partial charge in [0.05, 0.1) is 5.60 Å². The number of aliphatic hydroxyl groups is 2. The minimum absolute atomic E-state index is 0.0642. The number of hydrogen-bond donors (Lipinski definition) is 2. The average Bonchev–Trinajstić information content (AvgIpc) is 3.21. The normalized spacial score (nSPS) is 37.7. The number of aliphatic hydroxyl groups excluding tert-OH is 1. The lowest BCUT2D eigenvalue weighted by Crippen LogP contribution is -2.71. The molecule has 1 saturated carbocycles. The van der Waals surface area contributed by atoms with Crippen LogP contribution in [0.4, 0.5) is 0 Å². The van der Waals surface area contributed by atoms with Crippen LogP contribution in [0.15, 0.2) is 63.6 Å². The number of carbonyl (C=O) groups is 1. The predicted octanol–water partition coefficient (Wildman–Crippen LogP) is 4.26. The summed E-state index contributed by atoms with van der Waals surface area (Å²) in [6.45, 7) is 10.0. The Labute approximate surface area is 221 Å². The fourth-order valence-corrected chi connectivity index (χ4v) is 8.13. The van der Waals surface area contributed by atoms with E-state index in [1.165, 1.54) is 0 Å². The first-order valence-corrected chi connectivity index (χ1v) is 13.2. The second kappa shape index (κ2) is 8.13. The van der Waals surface area contributed by atoms with Crippen molar-refractivity contribution in [2.24, 2.45) is 16.7 Å². The van der Waals surface area contributed by atoms with Crippen LogP contribution < -0.4 is 10.4 Å². The molecule has 2 aliphatic carbocycles. The highest BCUT2D eigenvalue weighted by molar-refractivity contribution is 5.70. The van der Waals surface area contributed by atoms with Crippen molar-refractivity contribution >= 4 is 5.97 Å². The second-order valence-corrected chi connectivity index (χ2v) is 11.7. The van der Waals surface area contributed by atoms with Crippen molar-refractivity contribution in [2.45, 2.75) is 70.2 Å². The van der Waals surface area contributed by atoms with Gasteiger partial charge in [-0.1, -0.05) is 19.6 Å². The summed E-state index contributed by atoms with van der Waals surface area (Å²) in [4.78, 5) is 29.5. The molecule has 2 aromatic rings. The van der Waals surface area contributed by atoms with Gasteiger partial charge < -0.3 is 24.1 Å². The lowest BCUT2D eigenvalue weighted by Gasteiger charge is -2.67. The Morgan fingerprint density at radius 1 is 1.24 bits per heavy atom. The number of ether oxygens (including phenoxy) is 2. The molecule has 0 radical (unpaired) electrons. The average molecular weight is 520 g/mol. The number of pyridine rings is 1. The number of nitrogens with zero attached hydrogens (tertiary/aromatic N) is 1. The molecule has 200 valence electrons. The number of aromatic nitrogens is 1. The maximum absolute atomic E-state index is 13.3. The van der Waals surface area contributed by atoms with Crippen LogP contribution in [0.25, 0.3) is 11.3 Å². The summed E-state index contributed by atoms with van der Waals surface area (Å²) in [5, 5.41) is 24.1. The van der Waals surface area contributed by atoms with Gasteiger partial charge in [-0.15, -0.1) is 0 Å². The van der Waals surface area contributed by atoms with Crippen LogP contribution in [0.2, 0.25) is 0 Å². The molecule has 6 rings (SSSR count). The minimum Gasteiger partial charge on any atom is -0.478 e. The van der Waals surface area contributed by atoms with Crippen LogP contribution in [0.5, 0.6) is 5.75 Å². The molecule has 2 spiro atoms. The zero-order chi connectivity index (χ0) is 27.1. The van der Waals surface area contributed by atoms with E-state index in [4.69, 9.17) is 13.9 Å². The number of fused-ring (bicyclic) bond motifs is 4. The Morgan fingerprint density at radius 3 is 2.68 bits per heavy atom. The van der Waals surface area contributed by atoms with Gasteiger partial charge >= 0.3 is 11.6 Å². The van der Waals surface area contributed by atoms with Crippen molar-refractivity contribution in [3.05, 3.63) is 70.4 Å². The van der Waals surface area contributed by atoms with Crippen LogP contribution in [0, 0.1) is 16.7 Å². The van der Waals surface area contributed by atoms with Crippen LogP contribution >= 0.6 is 0 Å². The number of esters is 1. The molecular weight excluding hydrogens is 486 g/mol. The largest absolute Gasteiger partial charge is 0.478 e. The van der Waals surface area contributed by atoms with Crippen molar-refractivity contribution in [1.82, 2.24) is 4.98 Å². The minimum atomic E-state index is -1.28. The lowest BCUT2D eigenvalue weighted by molar-refractivity contribution is -0.248. The first-order valence-electron chi connectivity index (χ1n) is 13.2. The molecule has 38 heavy (non-hydrogen) atoms. The van der Waals surface area contributed by atoms with Crippen LogP contribution in [-0.4, -0.2) is 39.0 Å². The molecule has 0 bridgehead atoms. The van der Waals surface area contributed by atoms with Gasteiger partial charge in [0.25, 0.3) is 0 Å².